The van der Waals surface area contributed by atoms with E-state index in [9.17, 15) is 4.79 Å². The molecular weight excluding hydrogens is 262 g/mol. The Morgan fingerprint density at radius 2 is 2.00 bits per heavy atom. The Labute approximate surface area is 126 Å². The number of carbonyl (C=O) groups excluding carboxylic acids is 1. The average molecular weight is 285 g/mol. The fourth-order valence-electron chi connectivity index (χ4n) is 2.39. The van der Waals surface area contributed by atoms with Crippen LogP contribution >= 0.6 is 0 Å². The number of imidazole rings is 1. The number of nitrogens with zero attached hydrogens (tertiary/aromatic N) is 3. The molecule has 2 aromatic rings. The van der Waals surface area contributed by atoms with E-state index in [2.05, 4.69) is 37.5 Å². The highest BCUT2D eigenvalue weighted by Gasteiger charge is 2.14. The quantitative estimate of drug-likeness (QED) is 0.792. The van der Waals surface area contributed by atoms with E-state index >= 15 is 0 Å². The third kappa shape index (κ3) is 3.32. The minimum absolute atomic E-state index is 0.0954. The van der Waals surface area contributed by atoms with Gasteiger partial charge in [0.15, 0.2) is 0 Å². The van der Waals surface area contributed by atoms with Gasteiger partial charge in [0, 0.05) is 13.1 Å². The molecule has 1 aromatic heterocycles. The van der Waals surface area contributed by atoms with Gasteiger partial charge in [-0.15, -0.1) is 0 Å². The van der Waals surface area contributed by atoms with E-state index in [1.54, 1.807) is 6.33 Å². The van der Waals surface area contributed by atoms with E-state index < -0.39 is 0 Å². The van der Waals surface area contributed by atoms with Gasteiger partial charge in [0.2, 0.25) is 5.91 Å². The Bertz CT molecular complexity index is 685. The van der Waals surface area contributed by atoms with Crippen LogP contribution in [0.2, 0.25) is 0 Å². The van der Waals surface area contributed by atoms with Gasteiger partial charge < -0.3 is 9.47 Å². The molecule has 1 aromatic carbocycles. The van der Waals surface area contributed by atoms with Crippen molar-refractivity contribution in [3.8, 4) is 0 Å². The molecule has 0 saturated carbocycles. The molecule has 0 aliphatic heterocycles. The van der Waals surface area contributed by atoms with Gasteiger partial charge >= 0.3 is 0 Å². The Hall–Kier alpha value is -2.10. The lowest BCUT2D eigenvalue weighted by atomic mass is 10.1. The van der Waals surface area contributed by atoms with Crippen LogP contribution in [-0.4, -0.2) is 33.4 Å². The normalized spacial score (nSPS) is 10.9. The summed E-state index contributed by atoms with van der Waals surface area (Å²) in [5.41, 5.74) is 5.38. The molecule has 1 amide bonds. The number of benzene rings is 1. The third-order valence-corrected chi connectivity index (χ3v) is 3.74. The summed E-state index contributed by atoms with van der Waals surface area (Å²) in [6, 6.07) is 4.16. The second-order valence-electron chi connectivity index (χ2n) is 5.66. The third-order valence-electron chi connectivity index (χ3n) is 3.74. The maximum absolute atomic E-state index is 12.4. The molecule has 0 atom stereocenters. The number of amides is 1. The van der Waals surface area contributed by atoms with Crippen molar-refractivity contribution in [2.45, 2.75) is 34.2 Å². The predicted octanol–water partition coefficient (Wildman–Crippen LogP) is 3.08. The molecule has 112 valence electrons. The van der Waals surface area contributed by atoms with E-state index in [0.29, 0.717) is 19.6 Å². The van der Waals surface area contributed by atoms with Gasteiger partial charge in [0.25, 0.3) is 0 Å². The number of likely N-dealkylation sites (N-methyl/N-ethyl adjacent to an activating group) is 1. The number of hydrogen-bond donors (Lipinski definition) is 0. The van der Waals surface area contributed by atoms with Crippen molar-refractivity contribution in [1.82, 2.24) is 14.5 Å². The predicted molar refractivity (Wildman–Crippen MR) is 86.3 cm³/mol. The molecule has 0 saturated heterocycles. The van der Waals surface area contributed by atoms with E-state index in [1.807, 2.05) is 23.3 Å². The van der Waals surface area contributed by atoms with Crippen LogP contribution in [0, 0.1) is 13.8 Å². The van der Waals surface area contributed by atoms with Crippen molar-refractivity contribution >= 4 is 16.9 Å². The standard InChI is InChI=1S/C17H23N3O/c1-6-19(9-12(2)3)17(21)10-20-11-18-15-7-13(4)14(5)8-16(15)20/h7-8,11H,2,6,9-10H2,1,3-5H3. The zero-order valence-corrected chi connectivity index (χ0v) is 13.3. The molecule has 0 radical (unpaired) electrons. The van der Waals surface area contributed by atoms with Crippen molar-refractivity contribution in [1.29, 1.82) is 0 Å². The van der Waals surface area contributed by atoms with Gasteiger partial charge in [-0.25, -0.2) is 4.98 Å². The minimum Gasteiger partial charge on any atom is -0.337 e. The molecule has 0 aliphatic carbocycles. The summed E-state index contributed by atoms with van der Waals surface area (Å²) < 4.78 is 1.92. The largest absolute Gasteiger partial charge is 0.337 e. The van der Waals surface area contributed by atoms with E-state index in [-0.39, 0.29) is 5.91 Å². The molecule has 0 bridgehead atoms. The first kappa shape index (κ1) is 15.3. The molecule has 4 heteroatoms. The van der Waals surface area contributed by atoms with Crippen LogP contribution < -0.4 is 0 Å². The summed E-state index contributed by atoms with van der Waals surface area (Å²) in [6.45, 7) is 13.6. The zero-order valence-electron chi connectivity index (χ0n) is 13.3. The first-order chi connectivity index (χ1) is 9.92. The Kier molecular flexibility index (Phi) is 4.46. The number of aryl methyl sites for hydroxylation is 2. The molecular formula is C17H23N3O. The summed E-state index contributed by atoms with van der Waals surface area (Å²) in [5, 5.41) is 0. The van der Waals surface area contributed by atoms with E-state index in [4.69, 9.17) is 0 Å². The van der Waals surface area contributed by atoms with Crippen molar-refractivity contribution in [3.63, 3.8) is 0 Å². The van der Waals surface area contributed by atoms with E-state index in [0.717, 1.165) is 16.6 Å². The lowest BCUT2D eigenvalue weighted by molar-refractivity contribution is -0.131. The average Bonchev–Trinajstić information content (AvgIpc) is 2.78. The summed E-state index contributed by atoms with van der Waals surface area (Å²) in [7, 11) is 0. The molecule has 0 spiro atoms. The first-order valence-corrected chi connectivity index (χ1v) is 7.26. The van der Waals surface area contributed by atoms with Gasteiger partial charge in [-0.05, 0) is 51.0 Å². The lowest BCUT2D eigenvalue weighted by Crippen LogP contribution is -2.34. The minimum atomic E-state index is 0.0954. The van der Waals surface area contributed by atoms with Gasteiger partial charge in [-0.1, -0.05) is 12.2 Å². The zero-order chi connectivity index (χ0) is 15.6. The summed E-state index contributed by atoms with van der Waals surface area (Å²) in [4.78, 5) is 18.6. The van der Waals surface area contributed by atoms with Crippen LogP contribution in [-0.2, 0) is 11.3 Å². The van der Waals surface area contributed by atoms with Gasteiger partial charge in [0.05, 0.1) is 17.4 Å². The van der Waals surface area contributed by atoms with Crippen molar-refractivity contribution < 1.29 is 4.79 Å². The summed E-state index contributed by atoms with van der Waals surface area (Å²) >= 11 is 0. The molecule has 0 aliphatic rings. The summed E-state index contributed by atoms with van der Waals surface area (Å²) in [6.07, 6.45) is 1.75. The van der Waals surface area contributed by atoms with Crippen molar-refractivity contribution in [3.05, 3.63) is 41.7 Å². The fourth-order valence-corrected chi connectivity index (χ4v) is 2.39. The number of rotatable bonds is 5. The molecule has 1 heterocycles. The highest BCUT2D eigenvalue weighted by molar-refractivity contribution is 5.81. The molecule has 0 N–H and O–H groups in total. The monoisotopic (exact) mass is 285 g/mol. The Morgan fingerprint density at radius 1 is 1.33 bits per heavy atom. The SMILES string of the molecule is C=C(C)CN(CC)C(=O)Cn1cnc2cc(C)c(C)cc21. The van der Waals surface area contributed by atoms with Gasteiger partial charge in [0.1, 0.15) is 6.54 Å². The van der Waals surface area contributed by atoms with Crippen LogP contribution in [0.3, 0.4) is 0 Å². The molecule has 4 nitrogen and oxygen atoms in total. The maximum Gasteiger partial charge on any atom is 0.242 e. The van der Waals surface area contributed by atoms with Crippen molar-refractivity contribution in [2.75, 3.05) is 13.1 Å². The Morgan fingerprint density at radius 3 is 2.62 bits per heavy atom. The second-order valence-corrected chi connectivity index (χ2v) is 5.66. The fraction of sp³-hybridized carbons (Fsp3) is 0.412. The Balaban J connectivity index is 2.25. The number of fused-ring (bicyclic) bond motifs is 1. The van der Waals surface area contributed by atoms with E-state index in [1.165, 1.54) is 11.1 Å². The second kappa shape index (κ2) is 6.12. The number of aromatic nitrogens is 2. The molecule has 0 unspecified atom stereocenters. The van der Waals surface area contributed by atoms with Gasteiger partial charge in [-0.3, -0.25) is 4.79 Å². The molecule has 2 rings (SSSR count). The number of hydrogen-bond acceptors (Lipinski definition) is 2. The van der Waals surface area contributed by atoms with Crippen LogP contribution in [0.1, 0.15) is 25.0 Å². The highest BCUT2D eigenvalue weighted by Crippen LogP contribution is 2.18. The van der Waals surface area contributed by atoms with Crippen LogP contribution in [0.25, 0.3) is 11.0 Å². The molecule has 21 heavy (non-hydrogen) atoms. The smallest absolute Gasteiger partial charge is 0.242 e. The first-order valence-electron chi connectivity index (χ1n) is 7.26. The van der Waals surface area contributed by atoms with Crippen LogP contribution in [0.15, 0.2) is 30.6 Å². The topological polar surface area (TPSA) is 38.1 Å². The summed E-state index contributed by atoms with van der Waals surface area (Å²) in [5.74, 6) is 0.0954. The van der Waals surface area contributed by atoms with Crippen LogP contribution in [0.4, 0.5) is 0 Å². The maximum atomic E-state index is 12.4. The van der Waals surface area contributed by atoms with Crippen molar-refractivity contribution in [2.24, 2.45) is 0 Å². The molecule has 0 fully saturated rings. The lowest BCUT2D eigenvalue weighted by Gasteiger charge is -2.21. The highest BCUT2D eigenvalue weighted by atomic mass is 16.2. The van der Waals surface area contributed by atoms with Gasteiger partial charge in [-0.2, -0.15) is 0 Å². The van der Waals surface area contributed by atoms with Crippen LogP contribution in [0.5, 0.6) is 0 Å². The number of carbonyl (C=O) groups is 1.